The Morgan fingerprint density at radius 2 is 1.53 bits per heavy atom. The lowest BCUT2D eigenvalue weighted by Crippen LogP contribution is -2.22. The largest absolute Gasteiger partial charge is 0.619 e. The molecule has 84 valence electrons. The zero-order chi connectivity index (χ0) is 11.9. The van der Waals surface area contributed by atoms with E-state index in [9.17, 15) is 5.21 Å². The minimum absolute atomic E-state index is 0.750. The van der Waals surface area contributed by atoms with Crippen LogP contribution >= 0.6 is 0 Å². The highest BCUT2D eigenvalue weighted by molar-refractivity contribution is 5.77. The van der Waals surface area contributed by atoms with E-state index in [4.69, 9.17) is 0 Å². The van der Waals surface area contributed by atoms with Crippen molar-refractivity contribution in [3.8, 4) is 0 Å². The molecule has 3 rings (SSSR count). The summed E-state index contributed by atoms with van der Waals surface area (Å²) in [5.74, 6) is 0. The van der Waals surface area contributed by atoms with Gasteiger partial charge in [0.1, 0.15) is 0 Å². The van der Waals surface area contributed by atoms with E-state index in [1.165, 1.54) is 17.8 Å². The zero-order valence-corrected chi connectivity index (χ0v) is 9.23. The molecule has 0 fully saturated rings. The zero-order valence-electron chi connectivity index (χ0n) is 9.23. The summed E-state index contributed by atoms with van der Waals surface area (Å²) in [5.41, 5.74) is 1.06. The van der Waals surface area contributed by atoms with Gasteiger partial charge in [-0.05, 0) is 12.1 Å². The average Bonchev–Trinajstić information content (AvgIpc) is 2.41. The third-order valence-electron chi connectivity index (χ3n) is 2.20. The summed E-state index contributed by atoms with van der Waals surface area (Å²) in [5, 5.41) is 11.4. The lowest BCUT2D eigenvalue weighted by Gasteiger charge is -1.91. The van der Waals surface area contributed by atoms with Crippen LogP contribution in [0.2, 0.25) is 0 Å². The van der Waals surface area contributed by atoms with Crippen LogP contribution < -0.4 is 4.73 Å². The van der Waals surface area contributed by atoms with Gasteiger partial charge in [0, 0.05) is 23.7 Å². The Kier molecular flexibility index (Phi) is 3.65. The van der Waals surface area contributed by atoms with Gasteiger partial charge in [0.05, 0.1) is 5.52 Å². The normalized spacial score (nSPS) is 9.41. The van der Waals surface area contributed by atoms with Gasteiger partial charge in [-0.3, -0.25) is 4.98 Å². The number of benzene rings is 1. The van der Waals surface area contributed by atoms with Crippen LogP contribution in [-0.2, 0) is 0 Å². The van der Waals surface area contributed by atoms with Crippen molar-refractivity contribution in [2.75, 3.05) is 0 Å². The summed E-state index contributed by atoms with van der Waals surface area (Å²) in [6, 6.07) is 17.3. The molecule has 0 aliphatic rings. The van der Waals surface area contributed by atoms with Crippen molar-refractivity contribution in [3.63, 3.8) is 0 Å². The number of fused-ring (bicyclic) bond motifs is 1. The molecular weight excluding hydrogens is 212 g/mol. The maximum absolute atomic E-state index is 10.2. The van der Waals surface area contributed by atoms with Crippen LogP contribution in [0.15, 0.2) is 73.2 Å². The van der Waals surface area contributed by atoms with Gasteiger partial charge in [-0.2, -0.15) is 4.73 Å². The minimum Gasteiger partial charge on any atom is -0.619 e. The van der Waals surface area contributed by atoms with E-state index in [0.29, 0.717) is 0 Å². The van der Waals surface area contributed by atoms with E-state index in [0.717, 1.165) is 10.2 Å². The van der Waals surface area contributed by atoms with Gasteiger partial charge in [0.2, 0.25) is 0 Å². The van der Waals surface area contributed by atoms with Gasteiger partial charge >= 0.3 is 0 Å². The molecule has 0 radical (unpaired) electrons. The maximum atomic E-state index is 10.2. The number of para-hydroxylation sites is 1. The molecule has 3 nitrogen and oxygen atoms in total. The van der Waals surface area contributed by atoms with Crippen LogP contribution in [0.5, 0.6) is 0 Å². The molecule has 0 N–H and O–H groups in total. The van der Waals surface area contributed by atoms with E-state index >= 15 is 0 Å². The molecule has 17 heavy (non-hydrogen) atoms. The second-order valence-corrected chi connectivity index (χ2v) is 3.43. The Labute approximate surface area is 99.6 Å². The second kappa shape index (κ2) is 5.61. The Morgan fingerprint density at radius 1 is 0.824 bits per heavy atom. The molecule has 0 saturated carbocycles. The fraction of sp³-hybridized carbons (Fsp3) is 0. The van der Waals surface area contributed by atoms with Gasteiger partial charge in [-0.15, -0.1) is 0 Å². The first-order valence-electron chi connectivity index (χ1n) is 5.30. The summed E-state index contributed by atoms with van der Waals surface area (Å²) in [6.45, 7) is 0. The van der Waals surface area contributed by atoms with Gasteiger partial charge in [-0.1, -0.05) is 30.3 Å². The highest BCUT2D eigenvalue weighted by Gasteiger charge is 1.86. The molecule has 0 spiro atoms. The maximum Gasteiger partial charge on any atom is 0.180 e. The van der Waals surface area contributed by atoms with E-state index in [1.807, 2.05) is 30.5 Å². The molecular formula is C14H12N2O. The summed E-state index contributed by atoms with van der Waals surface area (Å²) in [7, 11) is 0. The van der Waals surface area contributed by atoms with Crippen LogP contribution in [0, 0.1) is 5.21 Å². The Hall–Kier alpha value is -2.42. The van der Waals surface area contributed by atoms with Crippen LogP contribution in [0.1, 0.15) is 0 Å². The van der Waals surface area contributed by atoms with E-state index < -0.39 is 0 Å². The van der Waals surface area contributed by atoms with Crippen LogP contribution in [0.25, 0.3) is 10.9 Å². The molecule has 1 aromatic carbocycles. The van der Waals surface area contributed by atoms with Crippen LogP contribution in [-0.4, -0.2) is 4.98 Å². The first-order chi connectivity index (χ1) is 8.36. The van der Waals surface area contributed by atoms with Gasteiger partial charge < -0.3 is 5.21 Å². The van der Waals surface area contributed by atoms with Crippen LogP contribution in [0.3, 0.4) is 0 Å². The Morgan fingerprint density at radius 3 is 2.18 bits per heavy atom. The molecule has 3 heteroatoms. The van der Waals surface area contributed by atoms with Crippen molar-refractivity contribution < 1.29 is 4.73 Å². The molecule has 0 aliphatic heterocycles. The summed E-state index contributed by atoms with van der Waals surface area (Å²) in [4.78, 5) is 4.18. The molecule has 0 atom stereocenters. The Balaban J connectivity index is 0.000000136. The second-order valence-electron chi connectivity index (χ2n) is 3.43. The van der Waals surface area contributed by atoms with Crippen molar-refractivity contribution in [1.82, 2.24) is 4.98 Å². The van der Waals surface area contributed by atoms with E-state index in [-0.39, 0.29) is 0 Å². The third-order valence-corrected chi connectivity index (χ3v) is 2.20. The summed E-state index contributed by atoms with van der Waals surface area (Å²) >= 11 is 0. The van der Waals surface area contributed by atoms with E-state index in [1.54, 1.807) is 18.2 Å². The number of aromatic nitrogens is 2. The molecule has 2 heterocycles. The molecule has 0 amide bonds. The van der Waals surface area contributed by atoms with Gasteiger partial charge in [0.25, 0.3) is 0 Å². The Bertz CT molecular complexity index is 516. The lowest BCUT2D eigenvalue weighted by atomic mass is 10.2. The summed E-state index contributed by atoms with van der Waals surface area (Å²) < 4.78 is 0.750. The lowest BCUT2D eigenvalue weighted by molar-refractivity contribution is -0.605. The third kappa shape index (κ3) is 3.28. The number of hydrogen-bond acceptors (Lipinski definition) is 2. The first kappa shape index (κ1) is 11.1. The van der Waals surface area contributed by atoms with Crippen molar-refractivity contribution in [2.24, 2.45) is 0 Å². The fourth-order valence-corrected chi connectivity index (χ4v) is 1.40. The van der Waals surface area contributed by atoms with Crippen molar-refractivity contribution in [1.29, 1.82) is 0 Å². The minimum atomic E-state index is 0.750. The predicted molar refractivity (Wildman–Crippen MR) is 67.1 cm³/mol. The highest BCUT2D eigenvalue weighted by Crippen LogP contribution is 2.07. The van der Waals surface area contributed by atoms with Crippen LogP contribution in [0.4, 0.5) is 0 Å². The predicted octanol–water partition coefficient (Wildman–Crippen LogP) is 2.55. The molecule has 3 aromatic rings. The number of nitrogens with zero attached hydrogens (tertiary/aromatic N) is 2. The molecule has 2 aromatic heterocycles. The smallest absolute Gasteiger partial charge is 0.180 e. The monoisotopic (exact) mass is 224 g/mol. The molecule has 0 bridgehead atoms. The standard InChI is InChI=1S/C9H7N.C5H5NO/c1-2-6-9-8(4-1)5-3-7-10-9;7-6-4-2-1-3-5-6/h1-7H;1-5H. The van der Waals surface area contributed by atoms with Gasteiger partial charge in [0.15, 0.2) is 12.4 Å². The SMILES string of the molecule is [O-][n+]1ccccc1.c1ccc2ncccc2c1. The van der Waals surface area contributed by atoms with Crippen molar-refractivity contribution in [2.45, 2.75) is 0 Å². The van der Waals surface area contributed by atoms with Gasteiger partial charge in [-0.25, -0.2) is 0 Å². The fourth-order valence-electron chi connectivity index (χ4n) is 1.40. The van der Waals surface area contributed by atoms with E-state index in [2.05, 4.69) is 17.1 Å². The molecule has 0 saturated heterocycles. The number of hydrogen-bond donors (Lipinski definition) is 0. The number of rotatable bonds is 0. The first-order valence-corrected chi connectivity index (χ1v) is 5.30. The van der Waals surface area contributed by atoms with Crippen molar-refractivity contribution in [3.05, 3.63) is 78.4 Å². The summed E-state index contributed by atoms with van der Waals surface area (Å²) in [6.07, 6.45) is 4.70. The molecule has 0 aliphatic carbocycles. The molecule has 0 unspecified atom stereocenters. The van der Waals surface area contributed by atoms with Crippen molar-refractivity contribution >= 4 is 10.9 Å². The highest BCUT2D eigenvalue weighted by atomic mass is 16.5. The quantitative estimate of drug-likeness (QED) is 0.435. The average molecular weight is 224 g/mol. The topological polar surface area (TPSA) is 39.8 Å². The number of pyridine rings is 2.